The number of anilines is 1. The Morgan fingerprint density at radius 1 is 1.00 bits per heavy atom. The van der Waals surface area contributed by atoms with Crippen molar-refractivity contribution in [2.24, 2.45) is 0 Å². The molecule has 5 nitrogen and oxygen atoms in total. The Bertz CT molecular complexity index is 1130. The van der Waals surface area contributed by atoms with Crippen molar-refractivity contribution in [1.82, 2.24) is 10.2 Å². The minimum absolute atomic E-state index is 0.197. The molecule has 1 saturated heterocycles. The largest absolute Gasteiger partial charge is 0.497 e. The molecule has 2 N–H and O–H groups in total. The molecule has 190 valence electrons. The summed E-state index contributed by atoms with van der Waals surface area (Å²) in [6, 6.07) is 26.3. The maximum atomic E-state index is 12.5. The van der Waals surface area contributed by atoms with Gasteiger partial charge in [-0.15, -0.1) is 0 Å². The van der Waals surface area contributed by atoms with Gasteiger partial charge in [0.05, 0.1) is 13.2 Å². The van der Waals surface area contributed by atoms with Gasteiger partial charge in [-0.1, -0.05) is 95.5 Å². The minimum Gasteiger partial charge on any atom is -0.497 e. The van der Waals surface area contributed by atoms with Crippen LogP contribution in [0.1, 0.15) is 35.6 Å². The number of ether oxygens (including phenoxy) is 1. The molecule has 0 spiro atoms. The smallest absolute Gasteiger partial charge is 0.276 e. The number of nitrogens with zero attached hydrogens (tertiary/aromatic N) is 1. The Balaban J connectivity index is 1.56. The fourth-order valence-corrected chi connectivity index (χ4v) is 4.70. The molecular weight excluding hydrogens is 517 g/mol. The molecule has 1 aliphatic rings. The van der Waals surface area contributed by atoms with Crippen molar-refractivity contribution in [3.63, 3.8) is 0 Å². The van der Waals surface area contributed by atoms with Gasteiger partial charge in [0, 0.05) is 23.8 Å². The first-order valence-corrected chi connectivity index (χ1v) is 13.1. The molecule has 1 aliphatic heterocycles. The minimum atomic E-state index is -2.07. The number of hydrogen-bond acceptors (Lipinski definition) is 4. The van der Waals surface area contributed by atoms with E-state index in [9.17, 15) is 4.79 Å². The summed E-state index contributed by atoms with van der Waals surface area (Å²) in [6.07, 6.45) is 2.02. The topological polar surface area (TPSA) is 53.6 Å². The molecule has 0 radical (unpaired) electrons. The average molecular weight is 547 g/mol. The summed E-state index contributed by atoms with van der Waals surface area (Å²) in [5.74, 6) is -0.0303. The predicted molar refractivity (Wildman–Crippen MR) is 148 cm³/mol. The van der Waals surface area contributed by atoms with Crippen LogP contribution in [0.2, 0.25) is 0 Å². The summed E-state index contributed by atoms with van der Waals surface area (Å²) in [7, 11) is 1.62. The van der Waals surface area contributed by atoms with Gasteiger partial charge >= 0.3 is 0 Å². The van der Waals surface area contributed by atoms with E-state index in [2.05, 4.69) is 51.9 Å². The highest BCUT2D eigenvalue weighted by Gasteiger charge is 2.32. The van der Waals surface area contributed by atoms with Crippen LogP contribution in [0.25, 0.3) is 0 Å². The number of likely N-dealkylation sites (tertiary alicyclic amines) is 1. The average Bonchev–Trinajstić information content (AvgIpc) is 2.89. The lowest BCUT2D eigenvalue weighted by Crippen LogP contribution is -2.43. The van der Waals surface area contributed by atoms with Gasteiger partial charge < -0.3 is 15.4 Å². The van der Waals surface area contributed by atoms with E-state index in [4.69, 9.17) is 39.5 Å². The van der Waals surface area contributed by atoms with Crippen molar-refractivity contribution in [3.8, 4) is 5.75 Å². The maximum absolute atomic E-state index is 12.5. The van der Waals surface area contributed by atoms with Gasteiger partial charge in [0.2, 0.25) is 0 Å². The number of alkyl halides is 3. The van der Waals surface area contributed by atoms with E-state index in [1.807, 2.05) is 30.3 Å². The lowest BCUT2D eigenvalue weighted by molar-refractivity contribution is -0.115. The summed E-state index contributed by atoms with van der Waals surface area (Å²) < 4.78 is 3.43. The molecular formula is C28H30Cl3N3O2. The molecule has 3 aromatic rings. The second-order valence-corrected chi connectivity index (χ2v) is 11.2. The van der Waals surface area contributed by atoms with E-state index in [0.717, 1.165) is 43.6 Å². The van der Waals surface area contributed by atoms with Crippen LogP contribution in [-0.4, -0.2) is 40.8 Å². The van der Waals surface area contributed by atoms with E-state index in [1.54, 1.807) is 19.2 Å². The number of rotatable bonds is 8. The molecule has 0 aromatic heterocycles. The number of piperidine rings is 1. The van der Waals surface area contributed by atoms with E-state index in [1.165, 1.54) is 5.56 Å². The van der Waals surface area contributed by atoms with Gasteiger partial charge in [0.1, 0.15) is 5.75 Å². The highest BCUT2D eigenvalue weighted by molar-refractivity contribution is 6.76. The van der Waals surface area contributed by atoms with Gasteiger partial charge in [0.15, 0.2) is 0 Å². The van der Waals surface area contributed by atoms with E-state index in [-0.39, 0.29) is 6.04 Å². The Kier molecular flexibility index (Phi) is 9.15. The zero-order valence-corrected chi connectivity index (χ0v) is 22.4. The molecule has 1 fully saturated rings. The summed E-state index contributed by atoms with van der Waals surface area (Å²) in [6.45, 7) is 2.96. The normalized spacial score (nSPS) is 15.9. The van der Waals surface area contributed by atoms with Crippen molar-refractivity contribution in [2.75, 3.05) is 25.5 Å². The molecule has 0 saturated carbocycles. The second-order valence-electron chi connectivity index (χ2n) is 8.95. The van der Waals surface area contributed by atoms with Crippen molar-refractivity contribution in [2.45, 2.75) is 35.3 Å². The van der Waals surface area contributed by atoms with Crippen molar-refractivity contribution >= 4 is 46.4 Å². The molecule has 36 heavy (non-hydrogen) atoms. The summed E-state index contributed by atoms with van der Waals surface area (Å²) in [4.78, 5) is 15.0. The first kappa shape index (κ1) is 26.8. The first-order valence-electron chi connectivity index (χ1n) is 12.0. The highest BCUT2D eigenvalue weighted by Crippen LogP contribution is 2.35. The highest BCUT2D eigenvalue weighted by atomic mass is 35.6. The van der Waals surface area contributed by atoms with Gasteiger partial charge in [-0.05, 0) is 55.3 Å². The van der Waals surface area contributed by atoms with Crippen LogP contribution in [0.4, 0.5) is 5.69 Å². The molecule has 1 unspecified atom stereocenters. The van der Waals surface area contributed by atoms with Gasteiger partial charge in [-0.25, -0.2) is 0 Å². The number of carbonyl (C=O) groups is 1. The Labute approximate surface area is 227 Å². The van der Waals surface area contributed by atoms with Crippen LogP contribution in [0.5, 0.6) is 5.75 Å². The number of amides is 1. The lowest BCUT2D eigenvalue weighted by atomic mass is 9.94. The maximum Gasteiger partial charge on any atom is 0.276 e. The summed E-state index contributed by atoms with van der Waals surface area (Å²) >= 11 is 17.5. The van der Waals surface area contributed by atoms with E-state index in [0.29, 0.717) is 17.5 Å². The monoisotopic (exact) mass is 545 g/mol. The Morgan fingerprint density at radius 3 is 2.25 bits per heavy atom. The third kappa shape index (κ3) is 7.15. The van der Waals surface area contributed by atoms with Crippen LogP contribution in [-0.2, 0) is 11.3 Å². The third-order valence-corrected chi connectivity index (χ3v) is 6.96. The molecule has 0 bridgehead atoms. The molecule has 1 heterocycles. The van der Waals surface area contributed by atoms with Crippen molar-refractivity contribution in [1.29, 1.82) is 0 Å². The zero-order valence-electron chi connectivity index (χ0n) is 20.1. The number of hydrogen-bond donors (Lipinski definition) is 2. The Morgan fingerprint density at radius 2 is 1.64 bits per heavy atom. The summed E-state index contributed by atoms with van der Waals surface area (Å²) in [5, 5.41) is 6.63. The molecule has 8 heteroatoms. The predicted octanol–water partition coefficient (Wildman–Crippen LogP) is 6.35. The van der Waals surface area contributed by atoms with Gasteiger partial charge in [-0.2, -0.15) is 0 Å². The first-order chi connectivity index (χ1) is 17.3. The molecule has 4 rings (SSSR count). The van der Waals surface area contributed by atoms with Gasteiger partial charge in [-0.3, -0.25) is 9.69 Å². The van der Waals surface area contributed by atoms with Crippen molar-refractivity contribution in [3.05, 3.63) is 95.6 Å². The Hall–Kier alpha value is -2.28. The number of nitrogens with one attached hydrogen (secondary N) is 2. The summed E-state index contributed by atoms with van der Waals surface area (Å²) in [5.41, 5.74) is 3.81. The number of methoxy groups -OCH3 is 1. The fraction of sp³-hybridized carbons (Fsp3) is 0.321. The lowest BCUT2D eigenvalue weighted by Gasteiger charge is -2.35. The van der Waals surface area contributed by atoms with Crippen molar-refractivity contribution < 1.29 is 9.53 Å². The molecule has 0 aliphatic carbocycles. The standard InChI is InChI=1S/C28H30Cl3N3O2/c1-36-23-12-13-25(33-27(35)28(29,30)31)24(18-23)26(21-10-6-3-7-11-21)32-22-14-16-34(17-15-22)19-20-8-4-2-5-9-20/h2-13,18,22,26,32H,14-17,19H2,1H3,(H,33,35). The molecule has 1 amide bonds. The molecule has 1 atom stereocenters. The zero-order chi connectivity index (χ0) is 25.5. The quantitative estimate of drug-likeness (QED) is 0.323. The second kappa shape index (κ2) is 12.3. The van der Waals surface area contributed by atoms with Crippen LogP contribution < -0.4 is 15.4 Å². The van der Waals surface area contributed by atoms with Crippen LogP contribution >= 0.6 is 34.8 Å². The molecule has 3 aromatic carbocycles. The van der Waals surface area contributed by atoms with Crippen LogP contribution in [0.3, 0.4) is 0 Å². The number of carbonyl (C=O) groups excluding carboxylic acids is 1. The number of benzene rings is 3. The fourth-order valence-electron chi connectivity index (χ4n) is 4.56. The van der Waals surface area contributed by atoms with Gasteiger partial charge in [0.25, 0.3) is 9.70 Å². The number of halogens is 3. The van der Waals surface area contributed by atoms with E-state index >= 15 is 0 Å². The third-order valence-electron chi connectivity index (χ3n) is 6.45. The van der Waals surface area contributed by atoms with Crippen LogP contribution in [0.15, 0.2) is 78.9 Å². The van der Waals surface area contributed by atoms with Crippen LogP contribution in [0, 0.1) is 0 Å². The SMILES string of the molecule is COc1ccc(NC(=O)C(Cl)(Cl)Cl)c(C(NC2CCN(Cc3ccccc3)CC2)c2ccccc2)c1. The van der Waals surface area contributed by atoms with E-state index < -0.39 is 9.70 Å².